The minimum Gasteiger partial charge on any atom is -0.370 e. The maximum absolute atomic E-state index is 14.6. The third-order valence-electron chi connectivity index (χ3n) is 11.8. The maximum Gasteiger partial charge on any atom is 0.245 e. The second-order valence-electron chi connectivity index (χ2n) is 17.9. The van der Waals surface area contributed by atoms with E-state index < -0.39 is 84.0 Å². The van der Waals surface area contributed by atoms with Gasteiger partial charge in [0.2, 0.25) is 47.3 Å². The number of hydrogen-bond acceptors (Lipinski definition) is 10. The van der Waals surface area contributed by atoms with E-state index in [4.69, 9.17) is 34.4 Å². The van der Waals surface area contributed by atoms with E-state index >= 15 is 0 Å². The molecule has 0 bridgehead atoms. The topological polar surface area (TPSA) is 381 Å². The molecule has 372 valence electrons. The lowest BCUT2D eigenvalue weighted by Gasteiger charge is -2.31. The number of benzene rings is 1. The van der Waals surface area contributed by atoms with Gasteiger partial charge in [0.25, 0.3) is 0 Å². The van der Waals surface area contributed by atoms with Gasteiger partial charge in [-0.05, 0) is 68.8 Å². The van der Waals surface area contributed by atoms with Crippen molar-refractivity contribution in [2.24, 2.45) is 56.2 Å². The van der Waals surface area contributed by atoms with Gasteiger partial charge in [0.05, 0.1) is 6.42 Å². The largest absolute Gasteiger partial charge is 0.370 e. The van der Waals surface area contributed by atoms with Crippen molar-refractivity contribution in [1.29, 1.82) is 0 Å². The third kappa shape index (κ3) is 20.3. The number of amides is 8. The van der Waals surface area contributed by atoms with Crippen LogP contribution in [-0.4, -0.2) is 120 Å². The molecule has 2 fully saturated rings. The standard InChI is InChI=1S/C45H74N14O8/c1-27(2)24-33(54-37(61)20-19-28-12-5-3-6-13-28)40(64)58-34(25-29-14-7-4-8-15-29)41(65)56-31(17-10-22-53-45(50)51)43(67)59-23-11-18-35(59)42(66)55-30(16-9-21-52-44(48)49)39(63)57-32(38(47)62)26-36(46)60/h4,7-8,14-15,27-28,30-35H,3,5-6,9-13,16-26H2,1-2H3,(H2,46,60)(H2,47,62)(H,54,61)(H,55,66)(H,56,65)(H,57,63)(H,58,64)(H4,48,49,52)(H4,50,51,53)/t30-,31-,32-,33-,34-,35-/m0/s1. The monoisotopic (exact) mass is 939 g/mol. The highest BCUT2D eigenvalue weighted by atomic mass is 16.2. The van der Waals surface area contributed by atoms with Gasteiger partial charge < -0.3 is 65.9 Å². The van der Waals surface area contributed by atoms with Gasteiger partial charge >= 0.3 is 0 Å². The highest BCUT2D eigenvalue weighted by molar-refractivity contribution is 5.98. The normalized spacial score (nSPS) is 17.1. The molecule has 1 aliphatic carbocycles. The van der Waals surface area contributed by atoms with Gasteiger partial charge in [0.1, 0.15) is 36.3 Å². The number of guanidine groups is 2. The van der Waals surface area contributed by atoms with Gasteiger partial charge in [0, 0.05) is 32.5 Å². The zero-order valence-corrected chi connectivity index (χ0v) is 39.0. The molecule has 0 radical (unpaired) electrons. The van der Waals surface area contributed by atoms with Crippen LogP contribution >= 0.6 is 0 Å². The van der Waals surface area contributed by atoms with Crippen LogP contribution in [0.1, 0.15) is 116 Å². The maximum atomic E-state index is 14.6. The molecule has 3 rings (SSSR count). The Morgan fingerprint density at radius 1 is 0.657 bits per heavy atom. The number of rotatable bonds is 28. The molecule has 1 aromatic rings. The third-order valence-corrected chi connectivity index (χ3v) is 11.8. The van der Waals surface area contributed by atoms with E-state index in [-0.39, 0.29) is 81.9 Å². The summed E-state index contributed by atoms with van der Waals surface area (Å²) in [5.41, 5.74) is 33.4. The van der Waals surface area contributed by atoms with E-state index in [1.807, 2.05) is 19.9 Å². The predicted molar refractivity (Wildman–Crippen MR) is 253 cm³/mol. The van der Waals surface area contributed by atoms with E-state index in [1.165, 1.54) is 11.3 Å². The molecule has 1 saturated carbocycles. The van der Waals surface area contributed by atoms with Crippen molar-refractivity contribution < 1.29 is 38.4 Å². The molecule has 1 aliphatic heterocycles. The Morgan fingerprint density at radius 3 is 1.81 bits per heavy atom. The summed E-state index contributed by atoms with van der Waals surface area (Å²) in [6, 6.07) is 1.85. The minimum atomic E-state index is -1.46. The Bertz CT molecular complexity index is 1880. The van der Waals surface area contributed by atoms with Crippen LogP contribution in [0.25, 0.3) is 0 Å². The second kappa shape index (κ2) is 28.5. The summed E-state index contributed by atoms with van der Waals surface area (Å²) in [6.45, 7) is 4.21. The van der Waals surface area contributed by atoms with Crippen molar-refractivity contribution in [1.82, 2.24) is 31.5 Å². The number of primary amides is 2. The summed E-state index contributed by atoms with van der Waals surface area (Å²) in [5.74, 6) is -5.38. The fourth-order valence-corrected chi connectivity index (χ4v) is 8.38. The Labute approximate surface area is 392 Å². The lowest BCUT2D eigenvalue weighted by Crippen LogP contribution is -2.59. The van der Waals surface area contributed by atoms with Crippen LogP contribution in [-0.2, 0) is 44.8 Å². The summed E-state index contributed by atoms with van der Waals surface area (Å²) in [6.07, 6.45) is 7.58. The van der Waals surface area contributed by atoms with Crippen LogP contribution in [0.15, 0.2) is 40.3 Å². The van der Waals surface area contributed by atoms with Crippen LogP contribution in [0.3, 0.4) is 0 Å². The average molecular weight is 939 g/mol. The van der Waals surface area contributed by atoms with E-state index in [1.54, 1.807) is 24.3 Å². The van der Waals surface area contributed by atoms with Gasteiger partial charge in [-0.1, -0.05) is 76.3 Å². The van der Waals surface area contributed by atoms with Crippen molar-refractivity contribution in [3.05, 3.63) is 35.9 Å². The van der Waals surface area contributed by atoms with Crippen molar-refractivity contribution in [2.45, 2.75) is 153 Å². The van der Waals surface area contributed by atoms with E-state index in [0.717, 1.165) is 37.7 Å². The summed E-state index contributed by atoms with van der Waals surface area (Å²) in [4.78, 5) is 117. The molecule has 0 aromatic heterocycles. The number of carbonyl (C=O) groups excluding carboxylic acids is 8. The first-order valence-electron chi connectivity index (χ1n) is 23.4. The lowest BCUT2D eigenvalue weighted by molar-refractivity contribution is -0.142. The summed E-state index contributed by atoms with van der Waals surface area (Å²) in [5, 5.41) is 13.7. The molecule has 0 spiro atoms. The fourth-order valence-electron chi connectivity index (χ4n) is 8.38. The number of aliphatic imine (C=N–C) groups is 2. The van der Waals surface area contributed by atoms with Crippen LogP contribution in [0.5, 0.6) is 0 Å². The number of hydrogen-bond donors (Lipinski definition) is 11. The van der Waals surface area contributed by atoms with E-state index in [2.05, 4.69) is 36.6 Å². The second-order valence-corrected chi connectivity index (χ2v) is 17.9. The van der Waals surface area contributed by atoms with Gasteiger partial charge in [0.15, 0.2) is 11.9 Å². The molecule has 2 aliphatic rings. The average Bonchev–Trinajstić information content (AvgIpc) is 3.77. The number of nitrogens with two attached hydrogens (primary N) is 6. The minimum absolute atomic E-state index is 0.0166. The SMILES string of the molecule is CC(C)C[C@H](NC(=O)CCC1CCCCC1)C(=O)N[C@@H](Cc1ccccc1)C(=O)N[C@@H](CCCN=C(N)N)C(=O)N1CCC[C@H]1C(=O)N[C@@H](CCCN=C(N)N)C(=O)N[C@@H](CC(N)=O)C(N)=O. The predicted octanol–water partition coefficient (Wildman–Crippen LogP) is -1.48. The zero-order chi connectivity index (χ0) is 49.5. The van der Waals surface area contributed by atoms with Gasteiger partial charge in [-0.15, -0.1) is 0 Å². The van der Waals surface area contributed by atoms with Crippen molar-refractivity contribution in [3.63, 3.8) is 0 Å². The quantitative estimate of drug-likeness (QED) is 0.0260. The molecule has 22 nitrogen and oxygen atoms in total. The molecule has 17 N–H and O–H groups in total. The molecule has 67 heavy (non-hydrogen) atoms. The Kier molecular flexibility index (Phi) is 23.4. The van der Waals surface area contributed by atoms with Crippen molar-refractivity contribution in [2.75, 3.05) is 19.6 Å². The number of nitrogens with one attached hydrogen (secondary N) is 5. The summed E-state index contributed by atoms with van der Waals surface area (Å²) < 4.78 is 0. The van der Waals surface area contributed by atoms with Crippen LogP contribution in [0.4, 0.5) is 0 Å². The molecule has 1 saturated heterocycles. The van der Waals surface area contributed by atoms with Crippen LogP contribution in [0.2, 0.25) is 0 Å². The molecule has 1 heterocycles. The number of carbonyl (C=O) groups is 8. The smallest absolute Gasteiger partial charge is 0.245 e. The van der Waals surface area contributed by atoms with Gasteiger partial charge in [-0.25, -0.2) is 0 Å². The molecule has 1 aromatic carbocycles. The molecule has 6 atom stereocenters. The molecule has 0 unspecified atom stereocenters. The summed E-state index contributed by atoms with van der Waals surface area (Å²) >= 11 is 0. The molecule has 22 heteroatoms. The number of likely N-dealkylation sites (tertiary alicyclic amines) is 1. The highest BCUT2D eigenvalue weighted by Crippen LogP contribution is 2.27. The van der Waals surface area contributed by atoms with Crippen LogP contribution in [0, 0.1) is 11.8 Å². The van der Waals surface area contributed by atoms with E-state index in [9.17, 15) is 38.4 Å². The van der Waals surface area contributed by atoms with Crippen molar-refractivity contribution >= 4 is 59.2 Å². The van der Waals surface area contributed by atoms with Gasteiger partial charge in [-0.2, -0.15) is 0 Å². The van der Waals surface area contributed by atoms with Gasteiger partial charge in [-0.3, -0.25) is 48.3 Å². The highest BCUT2D eigenvalue weighted by Gasteiger charge is 2.40. The lowest BCUT2D eigenvalue weighted by atomic mass is 9.86. The first kappa shape index (κ1) is 54.9. The number of nitrogens with zero attached hydrogens (tertiary/aromatic N) is 3. The Balaban J connectivity index is 1.87. The zero-order valence-electron chi connectivity index (χ0n) is 39.0. The molecular weight excluding hydrogens is 865 g/mol. The van der Waals surface area contributed by atoms with Crippen LogP contribution < -0.4 is 61.0 Å². The molecule has 8 amide bonds. The first-order chi connectivity index (χ1) is 31.8. The van der Waals surface area contributed by atoms with Crippen molar-refractivity contribution in [3.8, 4) is 0 Å². The Morgan fingerprint density at radius 2 is 1.22 bits per heavy atom. The Hall–Kier alpha value is -6.48. The fraction of sp³-hybridized carbons (Fsp3) is 0.644. The van der Waals surface area contributed by atoms with E-state index in [0.29, 0.717) is 25.2 Å². The summed E-state index contributed by atoms with van der Waals surface area (Å²) in [7, 11) is 0. The molecular formula is C45H74N14O8. The first-order valence-corrected chi connectivity index (χ1v) is 23.4.